The van der Waals surface area contributed by atoms with Gasteiger partial charge < -0.3 is 5.32 Å². The Hall–Kier alpha value is -1.59. The number of aromatic nitrogens is 3. The maximum Gasteiger partial charge on any atom is 0.258 e. The first kappa shape index (κ1) is 12.9. The minimum atomic E-state index is -0.338. The summed E-state index contributed by atoms with van der Waals surface area (Å²) in [7, 11) is 0. The van der Waals surface area contributed by atoms with Gasteiger partial charge in [0, 0.05) is 18.0 Å². The molecule has 0 aliphatic carbocycles. The fraction of sp³-hybridized carbons (Fsp3) is 0.182. The van der Waals surface area contributed by atoms with Crippen LogP contribution in [0.15, 0.2) is 18.3 Å². The van der Waals surface area contributed by atoms with Gasteiger partial charge in [-0.3, -0.25) is 9.89 Å². The molecule has 7 heteroatoms. The van der Waals surface area contributed by atoms with E-state index in [1.807, 2.05) is 6.92 Å². The van der Waals surface area contributed by atoms with Gasteiger partial charge in [-0.15, -0.1) is 0 Å². The molecular weight excluding hydrogens is 275 g/mol. The Morgan fingerprint density at radius 2 is 2.22 bits per heavy atom. The number of amides is 1. The predicted molar refractivity (Wildman–Crippen MR) is 70.2 cm³/mol. The van der Waals surface area contributed by atoms with Crippen LogP contribution in [0.25, 0.3) is 0 Å². The monoisotopic (exact) mass is 284 g/mol. The molecule has 2 N–H and O–H groups in total. The van der Waals surface area contributed by atoms with Crippen LogP contribution in [0.3, 0.4) is 0 Å². The Labute approximate surface area is 114 Å². The van der Waals surface area contributed by atoms with Crippen molar-refractivity contribution < 1.29 is 4.79 Å². The smallest absolute Gasteiger partial charge is 0.258 e. The Balaban J connectivity index is 2.14. The normalized spacial score (nSPS) is 10.4. The lowest BCUT2D eigenvalue weighted by atomic mass is 10.2. The maximum atomic E-state index is 11.9. The Morgan fingerprint density at radius 3 is 2.83 bits per heavy atom. The fourth-order valence-corrected chi connectivity index (χ4v) is 1.61. The van der Waals surface area contributed by atoms with Crippen LogP contribution in [0.2, 0.25) is 10.2 Å². The molecule has 5 nitrogen and oxygen atoms in total. The van der Waals surface area contributed by atoms with Crippen LogP contribution in [0.1, 0.15) is 23.0 Å². The lowest BCUT2D eigenvalue weighted by Crippen LogP contribution is -2.12. The molecule has 0 atom stereocenters. The van der Waals surface area contributed by atoms with E-state index in [2.05, 4.69) is 20.5 Å². The quantitative estimate of drug-likeness (QED) is 0.852. The van der Waals surface area contributed by atoms with E-state index in [0.29, 0.717) is 11.4 Å². The van der Waals surface area contributed by atoms with Crippen LogP contribution in [-0.2, 0) is 6.42 Å². The first-order valence-corrected chi connectivity index (χ1v) is 6.02. The molecule has 2 aromatic heterocycles. The summed E-state index contributed by atoms with van der Waals surface area (Å²) >= 11 is 11.5. The van der Waals surface area contributed by atoms with Crippen molar-refractivity contribution in [3.05, 3.63) is 39.8 Å². The first-order valence-electron chi connectivity index (χ1n) is 5.27. The SMILES string of the molecule is CCc1cc(NC(=O)c2cnc(Cl)c(Cl)c2)n[nH]1. The summed E-state index contributed by atoms with van der Waals surface area (Å²) in [6, 6.07) is 3.22. The lowest BCUT2D eigenvalue weighted by Gasteiger charge is -2.02. The van der Waals surface area contributed by atoms with Gasteiger partial charge in [-0.1, -0.05) is 30.1 Å². The molecule has 0 aliphatic rings. The van der Waals surface area contributed by atoms with Crippen molar-refractivity contribution in [2.24, 2.45) is 0 Å². The van der Waals surface area contributed by atoms with Gasteiger partial charge in [0.05, 0.1) is 10.6 Å². The van der Waals surface area contributed by atoms with Gasteiger partial charge in [0.15, 0.2) is 5.82 Å². The molecule has 0 aromatic carbocycles. The van der Waals surface area contributed by atoms with Gasteiger partial charge in [0.25, 0.3) is 5.91 Å². The number of halogens is 2. The van der Waals surface area contributed by atoms with E-state index >= 15 is 0 Å². The number of H-pyrrole nitrogens is 1. The van der Waals surface area contributed by atoms with Crippen LogP contribution in [0.5, 0.6) is 0 Å². The van der Waals surface area contributed by atoms with Crippen molar-refractivity contribution in [1.29, 1.82) is 0 Å². The van der Waals surface area contributed by atoms with Gasteiger partial charge in [-0.05, 0) is 12.5 Å². The number of aromatic amines is 1. The highest BCUT2D eigenvalue weighted by atomic mass is 35.5. The number of carbonyl (C=O) groups excluding carboxylic acids is 1. The zero-order valence-corrected chi connectivity index (χ0v) is 11.0. The number of pyridine rings is 1. The summed E-state index contributed by atoms with van der Waals surface area (Å²) in [5.74, 6) is 0.123. The second-order valence-corrected chi connectivity index (χ2v) is 4.35. The largest absolute Gasteiger partial charge is 0.305 e. The zero-order chi connectivity index (χ0) is 13.1. The van der Waals surface area contributed by atoms with E-state index in [4.69, 9.17) is 23.2 Å². The molecule has 1 amide bonds. The number of carbonyl (C=O) groups is 1. The molecule has 2 aromatic rings. The minimum absolute atomic E-state index is 0.168. The van der Waals surface area contributed by atoms with E-state index in [0.717, 1.165) is 12.1 Å². The molecule has 0 bridgehead atoms. The molecule has 0 unspecified atom stereocenters. The van der Waals surface area contributed by atoms with E-state index < -0.39 is 0 Å². The molecule has 0 fully saturated rings. The van der Waals surface area contributed by atoms with Crippen molar-refractivity contribution in [3.63, 3.8) is 0 Å². The van der Waals surface area contributed by atoms with Crippen molar-refractivity contribution in [2.45, 2.75) is 13.3 Å². The van der Waals surface area contributed by atoms with Crippen molar-refractivity contribution in [1.82, 2.24) is 15.2 Å². The topological polar surface area (TPSA) is 70.7 Å². The van der Waals surface area contributed by atoms with Gasteiger partial charge in [-0.2, -0.15) is 5.10 Å². The summed E-state index contributed by atoms with van der Waals surface area (Å²) in [5, 5.41) is 9.80. The summed E-state index contributed by atoms with van der Waals surface area (Å²) < 4.78 is 0. The molecule has 2 rings (SSSR count). The number of aryl methyl sites for hydroxylation is 1. The van der Waals surface area contributed by atoms with Crippen LogP contribution < -0.4 is 5.32 Å². The molecule has 0 radical (unpaired) electrons. The number of anilines is 1. The number of hydrogen-bond acceptors (Lipinski definition) is 3. The average molecular weight is 285 g/mol. The van der Waals surface area contributed by atoms with Gasteiger partial charge in [-0.25, -0.2) is 4.98 Å². The second kappa shape index (κ2) is 5.37. The highest BCUT2D eigenvalue weighted by molar-refractivity contribution is 6.41. The van der Waals surface area contributed by atoms with Gasteiger partial charge >= 0.3 is 0 Å². The summed E-state index contributed by atoms with van der Waals surface area (Å²) in [6.07, 6.45) is 2.17. The van der Waals surface area contributed by atoms with E-state index in [1.165, 1.54) is 12.3 Å². The fourth-order valence-electron chi connectivity index (χ4n) is 1.34. The van der Waals surface area contributed by atoms with Gasteiger partial charge in [0.1, 0.15) is 5.15 Å². The van der Waals surface area contributed by atoms with Crippen LogP contribution >= 0.6 is 23.2 Å². The second-order valence-electron chi connectivity index (χ2n) is 3.58. The van der Waals surface area contributed by atoms with Crippen LogP contribution in [0, 0.1) is 0 Å². The number of rotatable bonds is 3. The molecule has 2 heterocycles. The number of nitrogens with zero attached hydrogens (tertiary/aromatic N) is 2. The molecule has 18 heavy (non-hydrogen) atoms. The Bertz CT molecular complexity index is 582. The van der Waals surface area contributed by atoms with Crippen LogP contribution in [0.4, 0.5) is 5.82 Å². The Kier molecular flexibility index (Phi) is 3.84. The molecule has 0 saturated carbocycles. The average Bonchev–Trinajstić information content (AvgIpc) is 2.80. The van der Waals surface area contributed by atoms with E-state index in [9.17, 15) is 4.79 Å². The summed E-state index contributed by atoms with van der Waals surface area (Å²) in [5.41, 5.74) is 1.27. The third kappa shape index (κ3) is 2.80. The summed E-state index contributed by atoms with van der Waals surface area (Å²) in [4.78, 5) is 15.7. The first-order chi connectivity index (χ1) is 8.60. The third-order valence-corrected chi connectivity index (χ3v) is 3.00. The van der Waals surface area contributed by atoms with Crippen molar-refractivity contribution in [3.8, 4) is 0 Å². The lowest BCUT2D eigenvalue weighted by molar-refractivity contribution is 0.102. The Morgan fingerprint density at radius 1 is 1.44 bits per heavy atom. The number of hydrogen-bond donors (Lipinski definition) is 2. The molecular formula is C11H10Cl2N4O. The van der Waals surface area contributed by atoms with Gasteiger partial charge in [0.2, 0.25) is 0 Å². The van der Waals surface area contributed by atoms with E-state index in [1.54, 1.807) is 6.07 Å². The molecule has 0 spiro atoms. The van der Waals surface area contributed by atoms with Crippen molar-refractivity contribution >= 4 is 34.9 Å². The molecule has 0 saturated heterocycles. The highest BCUT2D eigenvalue weighted by Crippen LogP contribution is 2.20. The van der Waals surface area contributed by atoms with E-state index in [-0.39, 0.29) is 16.1 Å². The van der Waals surface area contributed by atoms with Crippen molar-refractivity contribution in [2.75, 3.05) is 5.32 Å². The minimum Gasteiger partial charge on any atom is -0.305 e. The summed E-state index contributed by atoms with van der Waals surface area (Å²) in [6.45, 7) is 1.99. The highest BCUT2D eigenvalue weighted by Gasteiger charge is 2.10. The maximum absolute atomic E-state index is 11.9. The molecule has 94 valence electrons. The number of nitrogens with one attached hydrogen (secondary N) is 2. The predicted octanol–water partition coefficient (Wildman–Crippen LogP) is 2.93. The zero-order valence-electron chi connectivity index (χ0n) is 9.50. The standard InChI is InChI=1S/C11H10Cl2N4O/c1-2-7-4-9(17-16-7)15-11(18)6-3-8(12)10(13)14-5-6/h3-5H,2H2,1H3,(H2,15,16,17,18). The third-order valence-electron chi connectivity index (χ3n) is 2.31. The van der Waals surface area contributed by atoms with Crippen LogP contribution in [-0.4, -0.2) is 21.1 Å². The molecule has 0 aliphatic heterocycles.